The molecule has 0 radical (unpaired) electrons. The molecule has 2 nitrogen and oxygen atoms in total. The van der Waals surface area contributed by atoms with Gasteiger partial charge in [-0.2, -0.15) is 0 Å². The van der Waals surface area contributed by atoms with Gasteiger partial charge in [-0.15, -0.1) is 0 Å². The minimum atomic E-state index is -0.210. The van der Waals surface area contributed by atoms with Gasteiger partial charge in [-0.3, -0.25) is 0 Å². The largest absolute Gasteiger partial charge is 0.489 e. The quantitative estimate of drug-likeness (QED) is 0.848. The molecule has 0 amide bonds. The second-order valence-corrected chi connectivity index (χ2v) is 5.77. The predicted molar refractivity (Wildman–Crippen MR) is 83.1 cm³/mol. The van der Waals surface area contributed by atoms with E-state index in [4.69, 9.17) is 4.74 Å². The molecule has 110 valence electrons. The Balaban J connectivity index is 1.84. The third kappa shape index (κ3) is 3.24. The molecule has 1 aliphatic rings. The van der Waals surface area contributed by atoms with Crippen molar-refractivity contribution in [1.82, 2.24) is 4.90 Å². The van der Waals surface area contributed by atoms with E-state index in [1.54, 1.807) is 0 Å². The van der Waals surface area contributed by atoms with Crippen molar-refractivity contribution in [3.63, 3.8) is 0 Å². The summed E-state index contributed by atoms with van der Waals surface area (Å²) in [6.45, 7) is 4.12. The molecule has 2 aromatic carbocycles. The Morgan fingerprint density at radius 1 is 1.14 bits per heavy atom. The molecular formula is C18H20FNO. The van der Waals surface area contributed by atoms with Crippen molar-refractivity contribution in [3.05, 3.63) is 53.8 Å². The van der Waals surface area contributed by atoms with E-state index in [-0.39, 0.29) is 11.9 Å². The zero-order valence-corrected chi connectivity index (χ0v) is 12.5. The average Bonchev–Trinajstić information content (AvgIpc) is 2.87. The van der Waals surface area contributed by atoms with E-state index >= 15 is 0 Å². The fourth-order valence-electron chi connectivity index (χ4n) is 2.80. The Bertz CT molecular complexity index is 624. The Labute approximate surface area is 125 Å². The van der Waals surface area contributed by atoms with Gasteiger partial charge < -0.3 is 9.64 Å². The van der Waals surface area contributed by atoms with Gasteiger partial charge in [-0.25, -0.2) is 4.39 Å². The molecule has 3 rings (SSSR count). The number of hydrogen-bond donors (Lipinski definition) is 0. The number of benzene rings is 2. The zero-order chi connectivity index (χ0) is 14.8. The molecular weight excluding hydrogens is 265 g/mol. The highest BCUT2D eigenvalue weighted by atomic mass is 19.1. The maximum Gasteiger partial charge on any atom is 0.123 e. The van der Waals surface area contributed by atoms with Crippen molar-refractivity contribution < 1.29 is 9.13 Å². The van der Waals surface area contributed by atoms with E-state index in [0.717, 1.165) is 42.0 Å². The lowest BCUT2D eigenvalue weighted by molar-refractivity contribution is 0.208. The van der Waals surface area contributed by atoms with E-state index in [1.165, 1.54) is 12.1 Å². The van der Waals surface area contributed by atoms with Crippen molar-refractivity contribution in [2.45, 2.75) is 19.4 Å². The standard InChI is InChI=1S/C18H20FNO/c1-13-3-8-16(21-17-9-10-20(2)12-17)11-18(13)14-4-6-15(19)7-5-14/h3-8,11,17H,9-10,12H2,1-2H3. The van der Waals surface area contributed by atoms with Gasteiger partial charge in [0.15, 0.2) is 0 Å². The molecule has 0 aliphatic carbocycles. The van der Waals surface area contributed by atoms with Gasteiger partial charge in [0, 0.05) is 13.1 Å². The number of likely N-dealkylation sites (tertiary alicyclic amines) is 1. The van der Waals surface area contributed by atoms with Crippen LogP contribution < -0.4 is 4.74 Å². The SMILES string of the molecule is Cc1ccc(OC2CCN(C)C2)cc1-c1ccc(F)cc1. The summed E-state index contributed by atoms with van der Waals surface area (Å²) in [7, 11) is 2.11. The first-order valence-electron chi connectivity index (χ1n) is 7.33. The van der Waals surface area contributed by atoms with E-state index in [9.17, 15) is 4.39 Å². The van der Waals surface area contributed by atoms with Crippen molar-refractivity contribution in [2.75, 3.05) is 20.1 Å². The van der Waals surface area contributed by atoms with Crippen molar-refractivity contribution in [1.29, 1.82) is 0 Å². The summed E-state index contributed by atoms with van der Waals surface area (Å²) in [6.07, 6.45) is 1.33. The van der Waals surface area contributed by atoms with Crippen LogP contribution in [0.3, 0.4) is 0 Å². The summed E-state index contributed by atoms with van der Waals surface area (Å²) in [5, 5.41) is 0. The summed E-state index contributed by atoms with van der Waals surface area (Å²) in [4.78, 5) is 2.28. The molecule has 2 aromatic rings. The van der Waals surface area contributed by atoms with Gasteiger partial charge in [0.05, 0.1) is 0 Å². The van der Waals surface area contributed by atoms with Gasteiger partial charge in [0.2, 0.25) is 0 Å². The minimum absolute atomic E-state index is 0.210. The number of rotatable bonds is 3. The van der Waals surface area contributed by atoms with E-state index in [1.807, 2.05) is 18.2 Å². The molecule has 1 unspecified atom stereocenters. The number of aryl methyl sites for hydroxylation is 1. The first-order chi connectivity index (χ1) is 10.1. The van der Waals surface area contributed by atoms with E-state index < -0.39 is 0 Å². The van der Waals surface area contributed by atoms with Crippen LogP contribution in [0.25, 0.3) is 11.1 Å². The molecule has 1 atom stereocenters. The fourth-order valence-corrected chi connectivity index (χ4v) is 2.80. The second-order valence-electron chi connectivity index (χ2n) is 5.77. The molecule has 1 saturated heterocycles. The molecule has 3 heteroatoms. The number of halogens is 1. The maximum atomic E-state index is 13.1. The fraction of sp³-hybridized carbons (Fsp3) is 0.333. The lowest BCUT2D eigenvalue weighted by Crippen LogP contribution is -2.21. The molecule has 0 bridgehead atoms. The van der Waals surface area contributed by atoms with Crippen LogP contribution in [0.1, 0.15) is 12.0 Å². The van der Waals surface area contributed by atoms with Crippen LogP contribution in [0.5, 0.6) is 5.75 Å². The van der Waals surface area contributed by atoms with Crippen LogP contribution in [0.15, 0.2) is 42.5 Å². The second kappa shape index (κ2) is 5.86. The molecule has 0 aromatic heterocycles. The van der Waals surface area contributed by atoms with Crippen molar-refractivity contribution in [3.8, 4) is 16.9 Å². The first kappa shape index (κ1) is 14.1. The first-order valence-corrected chi connectivity index (χ1v) is 7.33. The van der Waals surface area contributed by atoms with Crippen molar-refractivity contribution >= 4 is 0 Å². The van der Waals surface area contributed by atoms with Crippen LogP contribution in [-0.4, -0.2) is 31.1 Å². The molecule has 1 heterocycles. The Kier molecular flexibility index (Phi) is 3.93. The lowest BCUT2D eigenvalue weighted by atomic mass is 10.0. The Morgan fingerprint density at radius 2 is 1.90 bits per heavy atom. The summed E-state index contributed by atoms with van der Waals surface area (Å²) < 4.78 is 19.1. The van der Waals surface area contributed by atoms with Crippen LogP contribution in [0.2, 0.25) is 0 Å². The molecule has 1 fully saturated rings. The normalized spacial score (nSPS) is 18.9. The van der Waals surface area contributed by atoms with Crippen LogP contribution in [-0.2, 0) is 0 Å². The third-order valence-corrected chi connectivity index (χ3v) is 4.02. The van der Waals surface area contributed by atoms with Gasteiger partial charge in [-0.1, -0.05) is 18.2 Å². The van der Waals surface area contributed by atoms with Gasteiger partial charge in [0.25, 0.3) is 0 Å². The van der Waals surface area contributed by atoms with Crippen LogP contribution in [0.4, 0.5) is 4.39 Å². The highest BCUT2D eigenvalue weighted by Gasteiger charge is 2.21. The number of hydrogen-bond acceptors (Lipinski definition) is 2. The van der Waals surface area contributed by atoms with E-state index in [0.29, 0.717) is 0 Å². The predicted octanol–water partition coefficient (Wildman–Crippen LogP) is 3.88. The number of likely N-dealkylation sites (N-methyl/N-ethyl adjacent to an activating group) is 1. The molecule has 1 aliphatic heterocycles. The summed E-state index contributed by atoms with van der Waals surface area (Å²) in [5.41, 5.74) is 3.28. The molecule has 0 spiro atoms. The zero-order valence-electron chi connectivity index (χ0n) is 12.5. The number of nitrogens with zero attached hydrogens (tertiary/aromatic N) is 1. The van der Waals surface area contributed by atoms with Gasteiger partial charge in [-0.05, 0) is 61.3 Å². The molecule has 21 heavy (non-hydrogen) atoms. The van der Waals surface area contributed by atoms with E-state index in [2.05, 4.69) is 31.0 Å². The highest BCUT2D eigenvalue weighted by Crippen LogP contribution is 2.29. The van der Waals surface area contributed by atoms with Crippen LogP contribution >= 0.6 is 0 Å². The summed E-state index contributed by atoms with van der Waals surface area (Å²) in [5.74, 6) is 0.679. The Hall–Kier alpha value is -1.87. The lowest BCUT2D eigenvalue weighted by Gasteiger charge is -2.15. The van der Waals surface area contributed by atoms with Gasteiger partial charge in [0.1, 0.15) is 17.7 Å². The Morgan fingerprint density at radius 3 is 2.57 bits per heavy atom. The maximum absolute atomic E-state index is 13.1. The summed E-state index contributed by atoms with van der Waals surface area (Å²) in [6, 6.07) is 12.7. The highest BCUT2D eigenvalue weighted by molar-refractivity contribution is 5.68. The molecule has 0 N–H and O–H groups in total. The smallest absolute Gasteiger partial charge is 0.123 e. The number of ether oxygens (including phenoxy) is 1. The van der Waals surface area contributed by atoms with Gasteiger partial charge >= 0.3 is 0 Å². The summed E-state index contributed by atoms with van der Waals surface area (Å²) >= 11 is 0. The third-order valence-electron chi connectivity index (χ3n) is 4.02. The average molecular weight is 285 g/mol. The van der Waals surface area contributed by atoms with Crippen LogP contribution in [0, 0.1) is 12.7 Å². The topological polar surface area (TPSA) is 12.5 Å². The van der Waals surface area contributed by atoms with Crippen molar-refractivity contribution in [2.24, 2.45) is 0 Å². The monoisotopic (exact) mass is 285 g/mol. The minimum Gasteiger partial charge on any atom is -0.489 e. The molecule has 0 saturated carbocycles.